The average molecular weight is 240 g/mol. The molecule has 0 aliphatic carbocycles. The molecule has 0 radical (unpaired) electrons. The van der Waals surface area contributed by atoms with Crippen LogP contribution in [0.25, 0.3) is 0 Å². The standard InChI is InChI=1S/C14H28N2O/c1-14(2,3)17-12-16-10-6-7-13(16)11-15-8-4-5-9-15/h13H,4-12H2,1-3H3/t13-/m0/s1. The lowest BCUT2D eigenvalue weighted by Crippen LogP contribution is -2.41. The molecule has 1 atom stereocenters. The number of nitrogens with zero attached hydrogens (tertiary/aromatic N) is 2. The SMILES string of the molecule is CC(C)(C)OCN1CCC[C@H]1CN1CCCC1. The molecule has 2 rings (SSSR count). The minimum absolute atomic E-state index is 0.0131. The summed E-state index contributed by atoms with van der Waals surface area (Å²) in [5, 5.41) is 0. The third kappa shape index (κ3) is 4.23. The summed E-state index contributed by atoms with van der Waals surface area (Å²) in [4.78, 5) is 5.16. The van der Waals surface area contributed by atoms with E-state index in [0.29, 0.717) is 0 Å². The van der Waals surface area contributed by atoms with Crippen molar-refractivity contribution in [3.8, 4) is 0 Å². The quantitative estimate of drug-likeness (QED) is 0.750. The van der Waals surface area contributed by atoms with E-state index in [-0.39, 0.29) is 5.60 Å². The van der Waals surface area contributed by atoms with Gasteiger partial charge in [0, 0.05) is 19.1 Å². The summed E-state index contributed by atoms with van der Waals surface area (Å²) in [7, 11) is 0. The van der Waals surface area contributed by atoms with Gasteiger partial charge >= 0.3 is 0 Å². The van der Waals surface area contributed by atoms with Crippen LogP contribution >= 0.6 is 0 Å². The highest BCUT2D eigenvalue weighted by Gasteiger charge is 2.28. The molecular formula is C14H28N2O. The first-order valence-electron chi connectivity index (χ1n) is 7.15. The van der Waals surface area contributed by atoms with Crippen molar-refractivity contribution >= 4 is 0 Å². The van der Waals surface area contributed by atoms with Crippen LogP contribution < -0.4 is 0 Å². The highest BCUT2D eigenvalue weighted by molar-refractivity contribution is 4.82. The second-order valence-corrected chi connectivity index (χ2v) is 6.50. The van der Waals surface area contributed by atoms with Gasteiger partial charge in [-0.3, -0.25) is 4.90 Å². The van der Waals surface area contributed by atoms with Gasteiger partial charge in [0.2, 0.25) is 0 Å². The molecule has 3 heteroatoms. The first-order valence-corrected chi connectivity index (χ1v) is 7.15. The van der Waals surface area contributed by atoms with Gasteiger partial charge in [0.25, 0.3) is 0 Å². The molecule has 2 saturated heterocycles. The molecule has 3 nitrogen and oxygen atoms in total. The van der Waals surface area contributed by atoms with Crippen molar-refractivity contribution < 1.29 is 4.74 Å². The minimum Gasteiger partial charge on any atom is -0.360 e. The Morgan fingerprint density at radius 1 is 1.06 bits per heavy atom. The molecule has 2 aliphatic rings. The van der Waals surface area contributed by atoms with Gasteiger partial charge in [-0.25, -0.2) is 0 Å². The number of rotatable bonds is 4. The smallest absolute Gasteiger partial charge is 0.1000 e. The lowest BCUT2D eigenvalue weighted by molar-refractivity contribution is -0.0692. The van der Waals surface area contributed by atoms with Crippen molar-refractivity contribution in [2.75, 3.05) is 32.9 Å². The van der Waals surface area contributed by atoms with E-state index in [9.17, 15) is 0 Å². The van der Waals surface area contributed by atoms with E-state index in [0.717, 1.165) is 12.8 Å². The zero-order valence-corrected chi connectivity index (χ0v) is 11.7. The van der Waals surface area contributed by atoms with Crippen molar-refractivity contribution in [3.05, 3.63) is 0 Å². The van der Waals surface area contributed by atoms with Crippen LogP contribution in [0.15, 0.2) is 0 Å². The Morgan fingerprint density at radius 2 is 1.76 bits per heavy atom. The lowest BCUT2D eigenvalue weighted by Gasteiger charge is -2.31. The predicted octanol–water partition coefficient (Wildman–Crippen LogP) is 2.32. The van der Waals surface area contributed by atoms with Gasteiger partial charge in [0.15, 0.2) is 0 Å². The second-order valence-electron chi connectivity index (χ2n) is 6.50. The first kappa shape index (κ1) is 13.3. The third-order valence-corrected chi connectivity index (χ3v) is 3.83. The molecular weight excluding hydrogens is 212 g/mol. The Hall–Kier alpha value is -0.120. The summed E-state index contributed by atoms with van der Waals surface area (Å²) in [5.74, 6) is 0. The second kappa shape index (κ2) is 5.68. The molecule has 0 amide bonds. The summed E-state index contributed by atoms with van der Waals surface area (Å²) in [5.41, 5.74) is -0.0131. The highest BCUT2D eigenvalue weighted by Crippen LogP contribution is 2.21. The highest BCUT2D eigenvalue weighted by atomic mass is 16.5. The van der Waals surface area contributed by atoms with Gasteiger partial charge in [-0.1, -0.05) is 0 Å². The minimum atomic E-state index is -0.0131. The number of hydrogen-bond acceptors (Lipinski definition) is 3. The molecule has 0 N–H and O–H groups in total. The van der Waals surface area contributed by atoms with Crippen molar-refractivity contribution in [1.29, 1.82) is 0 Å². The van der Waals surface area contributed by atoms with E-state index >= 15 is 0 Å². The van der Waals surface area contributed by atoms with Crippen LogP contribution in [0.1, 0.15) is 46.5 Å². The van der Waals surface area contributed by atoms with Crippen molar-refractivity contribution in [1.82, 2.24) is 9.80 Å². The van der Waals surface area contributed by atoms with E-state index < -0.39 is 0 Å². The van der Waals surface area contributed by atoms with Gasteiger partial charge < -0.3 is 9.64 Å². The summed E-state index contributed by atoms with van der Waals surface area (Å²) in [6.07, 6.45) is 5.48. The first-order chi connectivity index (χ1) is 8.04. The van der Waals surface area contributed by atoms with Crippen LogP contribution in [0, 0.1) is 0 Å². The van der Waals surface area contributed by atoms with Gasteiger partial charge in [-0.15, -0.1) is 0 Å². The summed E-state index contributed by atoms with van der Waals surface area (Å²) < 4.78 is 5.92. The molecule has 0 unspecified atom stereocenters. The Kier molecular flexibility index (Phi) is 4.45. The number of hydrogen-bond donors (Lipinski definition) is 0. The third-order valence-electron chi connectivity index (χ3n) is 3.83. The Balaban J connectivity index is 1.76. The van der Waals surface area contributed by atoms with E-state index in [1.54, 1.807) is 0 Å². The largest absolute Gasteiger partial charge is 0.360 e. The zero-order valence-electron chi connectivity index (χ0n) is 11.7. The Labute approximate surface area is 106 Å². The molecule has 2 heterocycles. The van der Waals surface area contributed by atoms with Crippen LogP contribution in [0.4, 0.5) is 0 Å². The predicted molar refractivity (Wildman–Crippen MR) is 71.1 cm³/mol. The van der Waals surface area contributed by atoms with Crippen molar-refractivity contribution in [2.45, 2.75) is 58.1 Å². The van der Waals surface area contributed by atoms with Crippen molar-refractivity contribution in [3.63, 3.8) is 0 Å². The maximum atomic E-state index is 5.92. The summed E-state index contributed by atoms with van der Waals surface area (Å²) >= 11 is 0. The molecule has 0 aromatic carbocycles. The number of ether oxygens (including phenoxy) is 1. The fraction of sp³-hybridized carbons (Fsp3) is 1.00. The van der Waals surface area contributed by atoms with Crippen LogP contribution in [0.3, 0.4) is 0 Å². The topological polar surface area (TPSA) is 15.7 Å². The Bertz CT molecular complexity index is 231. The van der Waals surface area contributed by atoms with E-state index in [1.807, 2.05) is 0 Å². The molecule has 0 aromatic heterocycles. The molecule has 17 heavy (non-hydrogen) atoms. The van der Waals surface area contributed by atoms with E-state index in [1.165, 1.54) is 51.9 Å². The fourth-order valence-electron chi connectivity index (χ4n) is 2.81. The lowest BCUT2D eigenvalue weighted by atomic mass is 10.2. The fourth-order valence-corrected chi connectivity index (χ4v) is 2.81. The van der Waals surface area contributed by atoms with Crippen LogP contribution in [0.2, 0.25) is 0 Å². The molecule has 0 aromatic rings. The summed E-state index contributed by atoms with van der Waals surface area (Å²) in [6, 6.07) is 0.732. The van der Waals surface area contributed by atoms with Gasteiger partial charge in [0.05, 0.1) is 12.3 Å². The van der Waals surface area contributed by atoms with Gasteiger partial charge in [-0.2, -0.15) is 0 Å². The van der Waals surface area contributed by atoms with Crippen LogP contribution in [0.5, 0.6) is 0 Å². The van der Waals surface area contributed by atoms with E-state index in [2.05, 4.69) is 30.6 Å². The maximum absolute atomic E-state index is 5.92. The monoisotopic (exact) mass is 240 g/mol. The van der Waals surface area contributed by atoms with Crippen molar-refractivity contribution in [2.24, 2.45) is 0 Å². The van der Waals surface area contributed by atoms with Crippen LogP contribution in [-0.4, -0.2) is 54.4 Å². The van der Waals surface area contributed by atoms with E-state index in [4.69, 9.17) is 4.74 Å². The molecule has 2 aliphatic heterocycles. The molecule has 100 valence electrons. The average Bonchev–Trinajstić information content (AvgIpc) is 2.86. The Morgan fingerprint density at radius 3 is 2.41 bits per heavy atom. The zero-order chi connectivity index (χ0) is 12.3. The summed E-state index contributed by atoms with van der Waals surface area (Å²) in [6.45, 7) is 12.3. The molecule has 0 saturated carbocycles. The maximum Gasteiger partial charge on any atom is 0.1000 e. The molecule has 2 fully saturated rings. The molecule has 0 spiro atoms. The molecule has 0 bridgehead atoms. The number of likely N-dealkylation sites (tertiary alicyclic amines) is 2. The van der Waals surface area contributed by atoms with Gasteiger partial charge in [0.1, 0.15) is 0 Å². The van der Waals surface area contributed by atoms with Gasteiger partial charge in [-0.05, 0) is 59.5 Å². The van der Waals surface area contributed by atoms with Crippen LogP contribution in [-0.2, 0) is 4.74 Å². The normalized spacial score (nSPS) is 28.1.